The van der Waals surface area contributed by atoms with Gasteiger partial charge in [-0.2, -0.15) is 0 Å². The highest BCUT2D eigenvalue weighted by atomic mass is 16.4. The second kappa shape index (κ2) is 8.56. The zero-order valence-corrected chi connectivity index (χ0v) is 15.8. The summed E-state index contributed by atoms with van der Waals surface area (Å²) in [4.78, 5) is 37.8. The molecule has 0 saturated carbocycles. The molecule has 1 aromatic heterocycles. The Kier molecular flexibility index (Phi) is 6.15. The van der Waals surface area contributed by atoms with Crippen molar-refractivity contribution in [2.45, 2.75) is 39.2 Å². The number of piperidine rings is 1. The third-order valence-corrected chi connectivity index (χ3v) is 5.57. The molecule has 0 spiro atoms. The molecule has 148 valence electrons. The van der Waals surface area contributed by atoms with Gasteiger partial charge in [0.2, 0.25) is 0 Å². The third-order valence-electron chi connectivity index (χ3n) is 5.57. The van der Waals surface area contributed by atoms with Crippen molar-refractivity contribution in [3.05, 3.63) is 23.0 Å². The molecule has 3 heterocycles. The Hall–Kier alpha value is -2.35. The molecular weight excluding hydrogens is 348 g/mol. The minimum Gasteiger partial charge on any atom is -0.481 e. The van der Waals surface area contributed by atoms with Gasteiger partial charge in [-0.25, -0.2) is 0 Å². The number of hydrogen-bond acceptors (Lipinski definition) is 4. The highest BCUT2D eigenvalue weighted by Crippen LogP contribution is 2.24. The van der Waals surface area contributed by atoms with Crippen molar-refractivity contribution in [2.24, 2.45) is 5.92 Å². The summed E-state index contributed by atoms with van der Waals surface area (Å²) in [5, 5.41) is 14.7. The van der Waals surface area contributed by atoms with E-state index in [1.54, 1.807) is 13.1 Å². The molecule has 2 amide bonds. The molecule has 3 rings (SSSR count). The van der Waals surface area contributed by atoms with Crippen LogP contribution >= 0.6 is 0 Å². The molecule has 8 heteroatoms. The summed E-state index contributed by atoms with van der Waals surface area (Å²) in [5.41, 5.74) is 1.69. The van der Waals surface area contributed by atoms with E-state index >= 15 is 0 Å². The largest absolute Gasteiger partial charge is 0.481 e. The van der Waals surface area contributed by atoms with Crippen LogP contribution in [0.15, 0.2) is 6.20 Å². The standard InChI is InChI=1S/C19H28N4O4/c1-13-15(18(26)21-8-4-16(24)25)12-23-11-10-22(19(27)17(13)23)9-5-14-2-6-20-7-3-14/h12,14,20H,2-11H2,1H3,(H,21,26)(H,24,25). The Morgan fingerprint density at radius 2 is 2.04 bits per heavy atom. The molecule has 0 unspecified atom stereocenters. The first-order chi connectivity index (χ1) is 13.0. The zero-order chi connectivity index (χ0) is 19.4. The molecule has 0 atom stereocenters. The van der Waals surface area contributed by atoms with E-state index in [-0.39, 0.29) is 24.8 Å². The number of aromatic nitrogens is 1. The van der Waals surface area contributed by atoms with Gasteiger partial charge in [0.25, 0.3) is 11.8 Å². The first-order valence-electron chi connectivity index (χ1n) is 9.67. The van der Waals surface area contributed by atoms with Crippen molar-refractivity contribution in [2.75, 3.05) is 32.7 Å². The molecule has 0 bridgehead atoms. The first-order valence-corrected chi connectivity index (χ1v) is 9.67. The smallest absolute Gasteiger partial charge is 0.305 e. The highest BCUT2D eigenvalue weighted by molar-refractivity contribution is 6.02. The molecule has 1 fully saturated rings. The first kappa shape index (κ1) is 19.4. The predicted molar refractivity (Wildman–Crippen MR) is 99.9 cm³/mol. The normalized spacial score (nSPS) is 17.7. The van der Waals surface area contributed by atoms with Crippen LogP contribution in [0.3, 0.4) is 0 Å². The van der Waals surface area contributed by atoms with Crippen molar-refractivity contribution < 1.29 is 19.5 Å². The van der Waals surface area contributed by atoms with Gasteiger partial charge in [-0.1, -0.05) is 0 Å². The van der Waals surface area contributed by atoms with Crippen molar-refractivity contribution in [3.63, 3.8) is 0 Å². The van der Waals surface area contributed by atoms with E-state index < -0.39 is 5.97 Å². The van der Waals surface area contributed by atoms with Gasteiger partial charge >= 0.3 is 5.97 Å². The minimum absolute atomic E-state index is 0.0164. The van der Waals surface area contributed by atoms with Gasteiger partial charge in [-0.3, -0.25) is 14.4 Å². The topological polar surface area (TPSA) is 104 Å². The van der Waals surface area contributed by atoms with Crippen LogP contribution in [0.5, 0.6) is 0 Å². The van der Waals surface area contributed by atoms with E-state index in [4.69, 9.17) is 5.11 Å². The van der Waals surface area contributed by atoms with Gasteiger partial charge in [-0.05, 0) is 50.8 Å². The molecule has 0 aromatic carbocycles. The van der Waals surface area contributed by atoms with Crippen molar-refractivity contribution in [3.8, 4) is 0 Å². The number of nitrogens with one attached hydrogen (secondary N) is 2. The summed E-state index contributed by atoms with van der Waals surface area (Å²) in [5.74, 6) is -0.630. The van der Waals surface area contributed by atoms with Crippen LogP contribution in [0, 0.1) is 12.8 Å². The number of fused-ring (bicyclic) bond motifs is 1. The van der Waals surface area contributed by atoms with Crippen LogP contribution in [0.2, 0.25) is 0 Å². The average Bonchev–Trinajstić information content (AvgIpc) is 2.99. The Balaban J connectivity index is 1.63. The number of amides is 2. The van der Waals surface area contributed by atoms with E-state index in [0.29, 0.717) is 35.8 Å². The molecule has 2 aliphatic heterocycles. The van der Waals surface area contributed by atoms with Gasteiger partial charge in [0, 0.05) is 32.4 Å². The number of carboxylic acids is 1. The maximum atomic E-state index is 12.9. The van der Waals surface area contributed by atoms with Crippen molar-refractivity contribution >= 4 is 17.8 Å². The predicted octanol–water partition coefficient (Wildman–Crippen LogP) is 0.847. The Labute approximate surface area is 158 Å². The minimum atomic E-state index is -0.956. The Morgan fingerprint density at radius 3 is 2.74 bits per heavy atom. The van der Waals surface area contributed by atoms with Crippen LogP contribution in [0.1, 0.15) is 52.1 Å². The van der Waals surface area contributed by atoms with Crippen molar-refractivity contribution in [1.29, 1.82) is 0 Å². The van der Waals surface area contributed by atoms with Crippen LogP contribution < -0.4 is 10.6 Å². The number of carboxylic acid groups (broad SMARTS) is 1. The average molecular weight is 376 g/mol. The van der Waals surface area contributed by atoms with Gasteiger partial charge in [0.15, 0.2) is 0 Å². The van der Waals surface area contributed by atoms with E-state index in [1.165, 1.54) is 0 Å². The van der Waals surface area contributed by atoms with E-state index in [9.17, 15) is 14.4 Å². The Morgan fingerprint density at radius 1 is 1.30 bits per heavy atom. The van der Waals surface area contributed by atoms with Gasteiger partial charge < -0.3 is 25.2 Å². The third kappa shape index (κ3) is 4.50. The second-order valence-corrected chi connectivity index (χ2v) is 7.38. The van der Waals surface area contributed by atoms with Crippen LogP contribution in [0.4, 0.5) is 0 Å². The maximum absolute atomic E-state index is 12.9. The van der Waals surface area contributed by atoms with Crippen LogP contribution in [-0.4, -0.2) is 65.1 Å². The lowest BCUT2D eigenvalue weighted by atomic mass is 9.94. The molecular formula is C19H28N4O4. The Bertz CT molecular complexity index is 722. The summed E-state index contributed by atoms with van der Waals surface area (Å²) in [7, 11) is 0. The number of carbonyl (C=O) groups excluding carboxylic acids is 2. The van der Waals surface area contributed by atoms with Gasteiger partial charge in [0.1, 0.15) is 5.69 Å². The fraction of sp³-hybridized carbons (Fsp3) is 0.632. The summed E-state index contributed by atoms with van der Waals surface area (Å²) < 4.78 is 1.85. The van der Waals surface area contributed by atoms with E-state index in [2.05, 4.69) is 10.6 Å². The summed E-state index contributed by atoms with van der Waals surface area (Å²) in [6.45, 7) is 6.06. The van der Waals surface area contributed by atoms with Crippen LogP contribution in [0.25, 0.3) is 0 Å². The molecule has 1 saturated heterocycles. The summed E-state index contributed by atoms with van der Waals surface area (Å²) >= 11 is 0. The molecule has 8 nitrogen and oxygen atoms in total. The molecule has 27 heavy (non-hydrogen) atoms. The monoisotopic (exact) mass is 376 g/mol. The SMILES string of the molecule is Cc1c(C(=O)NCCC(=O)O)cn2c1C(=O)N(CCC1CCNCC1)CC2. The number of nitrogens with zero attached hydrogens (tertiary/aromatic N) is 2. The number of aliphatic carboxylic acids is 1. The summed E-state index contributed by atoms with van der Waals surface area (Å²) in [6, 6.07) is 0. The van der Waals surface area contributed by atoms with E-state index in [1.807, 2.05) is 9.47 Å². The number of rotatable bonds is 7. The lowest BCUT2D eigenvalue weighted by molar-refractivity contribution is -0.136. The maximum Gasteiger partial charge on any atom is 0.305 e. The molecule has 0 radical (unpaired) electrons. The van der Waals surface area contributed by atoms with Crippen molar-refractivity contribution in [1.82, 2.24) is 20.1 Å². The summed E-state index contributed by atoms with van der Waals surface area (Å²) in [6.07, 6.45) is 4.94. The zero-order valence-electron chi connectivity index (χ0n) is 15.8. The number of carbonyl (C=O) groups is 3. The van der Waals surface area contributed by atoms with Gasteiger partial charge in [0.05, 0.1) is 12.0 Å². The lowest BCUT2D eigenvalue weighted by Crippen LogP contribution is -2.41. The number of hydrogen-bond donors (Lipinski definition) is 3. The van der Waals surface area contributed by atoms with Gasteiger partial charge in [-0.15, -0.1) is 0 Å². The molecule has 1 aromatic rings. The quantitative estimate of drug-likeness (QED) is 0.654. The second-order valence-electron chi connectivity index (χ2n) is 7.38. The highest BCUT2D eigenvalue weighted by Gasteiger charge is 2.30. The van der Waals surface area contributed by atoms with E-state index in [0.717, 1.165) is 38.9 Å². The molecule has 0 aliphatic carbocycles. The fourth-order valence-electron chi connectivity index (χ4n) is 3.93. The molecule has 2 aliphatic rings. The fourth-order valence-corrected chi connectivity index (χ4v) is 3.93. The lowest BCUT2D eigenvalue weighted by Gasteiger charge is -2.31. The molecule has 3 N–H and O–H groups in total. The van der Waals surface area contributed by atoms with Crippen LogP contribution in [-0.2, 0) is 11.3 Å².